The van der Waals surface area contributed by atoms with Gasteiger partial charge in [0.25, 0.3) is 0 Å². The van der Waals surface area contributed by atoms with Crippen molar-refractivity contribution in [2.24, 2.45) is 0 Å². The third kappa shape index (κ3) is 3.20. The van der Waals surface area contributed by atoms with E-state index in [1.165, 1.54) is 5.69 Å². The Bertz CT molecular complexity index is 233. The van der Waals surface area contributed by atoms with Gasteiger partial charge >= 0.3 is 0 Å². The lowest BCUT2D eigenvalue weighted by atomic mass is 10.4. The van der Waals surface area contributed by atoms with Crippen molar-refractivity contribution in [1.29, 1.82) is 0 Å². The van der Waals surface area contributed by atoms with Crippen LogP contribution in [0, 0.1) is 0 Å². The summed E-state index contributed by atoms with van der Waals surface area (Å²) in [6.07, 6.45) is 2.91. The Balaban J connectivity index is 2.27. The summed E-state index contributed by atoms with van der Waals surface area (Å²) in [7, 11) is 0. The molecule has 0 atom stereocenters. The molecular weight excluding hydrogens is 164 g/mol. The summed E-state index contributed by atoms with van der Waals surface area (Å²) in [4.78, 5) is 0. The fourth-order valence-electron chi connectivity index (χ4n) is 1.34. The monoisotopic (exact) mass is 182 g/mol. The van der Waals surface area contributed by atoms with Gasteiger partial charge in [-0.25, -0.2) is 0 Å². The Labute approximate surface area is 79.4 Å². The van der Waals surface area contributed by atoms with Crippen LogP contribution in [0.1, 0.15) is 19.0 Å². The van der Waals surface area contributed by atoms with Gasteiger partial charge in [0, 0.05) is 31.6 Å². The summed E-state index contributed by atoms with van der Waals surface area (Å²) < 4.78 is 2.21. The SMILES string of the molecule is CCn1cccc1CNCCCO. The van der Waals surface area contributed by atoms with Crippen LogP contribution in [0.4, 0.5) is 0 Å². The first-order valence-corrected chi connectivity index (χ1v) is 4.84. The maximum absolute atomic E-state index is 8.58. The van der Waals surface area contributed by atoms with E-state index in [-0.39, 0.29) is 6.61 Å². The molecule has 2 N–H and O–H groups in total. The summed E-state index contributed by atoms with van der Waals surface area (Å²) in [6.45, 7) is 5.19. The summed E-state index contributed by atoms with van der Waals surface area (Å²) >= 11 is 0. The van der Waals surface area contributed by atoms with Gasteiger partial charge in [0.2, 0.25) is 0 Å². The number of nitrogens with one attached hydrogen (secondary N) is 1. The minimum absolute atomic E-state index is 0.266. The second-order valence-corrected chi connectivity index (χ2v) is 3.04. The van der Waals surface area contributed by atoms with Crippen LogP contribution >= 0.6 is 0 Å². The molecule has 0 bridgehead atoms. The molecule has 0 amide bonds. The van der Waals surface area contributed by atoms with E-state index in [4.69, 9.17) is 5.11 Å². The lowest BCUT2D eigenvalue weighted by molar-refractivity contribution is 0.286. The molecular formula is C10H18N2O. The van der Waals surface area contributed by atoms with E-state index >= 15 is 0 Å². The summed E-state index contributed by atoms with van der Waals surface area (Å²) in [5, 5.41) is 11.9. The predicted molar refractivity (Wildman–Crippen MR) is 53.5 cm³/mol. The van der Waals surface area contributed by atoms with Crippen LogP contribution in [0.25, 0.3) is 0 Å². The summed E-state index contributed by atoms with van der Waals surface area (Å²) in [6, 6.07) is 4.18. The molecule has 0 spiro atoms. The van der Waals surface area contributed by atoms with Crippen LogP contribution in [-0.4, -0.2) is 22.8 Å². The van der Waals surface area contributed by atoms with E-state index in [0.717, 1.165) is 26.1 Å². The predicted octanol–water partition coefficient (Wildman–Crippen LogP) is 0.980. The van der Waals surface area contributed by atoms with E-state index < -0.39 is 0 Å². The molecule has 0 aliphatic heterocycles. The van der Waals surface area contributed by atoms with Gasteiger partial charge in [0.05, 0.1) is 0 Å². The average molecular weight is 182 g/mol. The number of aryl methyl sites for hydroxylation is 1. The van der Waals surface area contributed by atoms with Gasteiger partial charge in [-0.15, -0.1) is 0 Å². The highest BCUT2D eigenvalue weighted by Crippen LogP contribution is 2.00. The Morgan fingerprint density at radius 3 is 3.08 bits per heavy atom. The fourth-order valence-corrected chi connectivity index (χ4v) is 1.34. The van der Waals surface area contributed by atoms with E-state index in [9.17, 15) is 0 Å². The van der Waals surface area contributed by atoms with Gasteiger partial charge in [-0.3, -0.25) is 0 Å². The lowest BCUT2D eigenvalue weighted by Gasteiger charge is -2.07. The van der Waals surface area contributed by atoms with E-state index in [1.54, 1.807) is 0 Å². The number of rotatable bonds is 6. The van der Waals surface area contributed by atoms with Crippen molar-refractivity contribution >= 4 is 0 Å². The molecule has 0 saturated heterocycles. The number of nitrogens with zero attached hydrogens (tertiary/aromatic N) is 1. The molecule has 1 rings (SSSR count). The fraction of sp³-hybridized carbons (Fsp3) is 0.600. The molecule has 13 heavy (non-hydrogen) atoms. The van der Waals surface area contributed by atoms with Gasteiger partial charge in [0.15, 0.2) is 0 Å². The van der Waals surface area contributed by atoms with Crippen LogP contribution < -0.4 is 5.32 Å². The first kappa shape index (κ1) is 10.3. The van der Waals surface area contributed by atoms with Crippen LogP contribution in [0.15, 0.2) is 18.3 Å². The molecule has 3 heteroatoms. The second-order valence-electron chi connectivity index (χ2n) is 3.04. The molecule has 0 unspecified atom stereocenters. The van der Waals surface area contributed by atoms with Crippen molar-refractivity contribution in [2.75, 3.05) is 13.2 Å². The highest BCUT2D eigenvalue weighted by molar-refractivity contribution is 5.06. The molecule has 74 valence electrons. The third-order valence-electron chi connectivity index (χ3n) is 2.08. The third-order valence-corrected chi connectivity index (χ3v) is 2.08. The number of aliphatic hydroxyl groups is 1. The Hall–Kier alpha value is -0.800. The maximum Gasteiger partial charge on any atom is 0.0443 e. The smallest absolute Gasteiger partial charge is 0.0443 e. The van der Waals surface area contributed by atoms with Gasteiger partial charge in [-0.2, -0.15) is 0 Å². The Morgan fingerprint density at radius 1 is 1.54 bits per heavy atom. The molecule has 1 aromatic heterocycles. The zero-order valence-corrected chi connectivity index (χ0v) is 8.16. The van der Waals surface area contributed by atoms with Crippen molar-refractivity contribution in [3.8, 4) is 0 Å². The average Bonchev–Trinajstić information content (AvgIpc) is 2.60. The number of aromatic nitrogens is 1. The molecule has 0 aliphatic rings. The van der Waals surface area contributed by atoms with Crippen LogP contribution in [0.2, 0.25) is 0 Å². The highest BCUT2D eigenvalue weighted by Gasteiger charge is 1.96. The number of aliphatic hydroxyl groups excluding tert-OH is 1. The van der Waals surface area contributed by atoms with Crippen molar-refractivity contribution in [2.45, 2.75) is 26.4 Å². The molecule has 0 radical (unpaired) electrons. The Morgan fingerprint density at radius 2 is 2.38 bits per heavy atom. The second kappa shape index (κ2) is 5.78. The van der Waals surface area contributed by atoms with Gasteiger partial charge in [-0.1, -0.05) is 0 Å². The molecule has 0 aromatic carbocycles. The van der Waals surface area contributed by atoms with Gasteiger partial charge < -0.3 is 15.0 Å². The van der Waals surface area contributed by atoms with Crippen LogP contribution in [0.5, 0.6) is 0 Å². The normalized spacial score (nSPS) is 10.6. The molecule has 1 aromatic rings. The van der Waals surface area contributed by atoms with Crippen molar-refractivity contribution < 1.29 is 5.11 Å². The van der Waals surface area contributed by atoms with E-state index in [2.05, 4.69) is 35.1 Å². The molecule has 0 aliphatic carbocycles. The minimum atomic E-state index is 0.266. The molecule has 0 fully saturated rings. The number of hydrogen-bond acceptors (Lipinski definition) is 2. The van der Waals surface area contributed by atoms with Gasteiger partial charge in [-0.05, 0) is 32.0 Å². The van der Waals surface area contributed by atoms with Crippen LogP contribution in [-0.2, 0) is 13.1 Å². The van der Waals surface area contributed by atoms with Crippen molar-refractivity contribution in [3.63, 3.8) is 0 Å². The molecule has 3 nitrogen and oxygen atoms in total. The molecule has 0 saturated carbocycles. The van der Waals surface area contributed by atoms with E-state index in [1.807, 2.05) is 0 Å². The lowest BCUT2D eigenvalue weighted by Crippen LogP contribution is -2.17. The highest BCUT2D eigenvalue weighted by atomic mass is 16.3. The zero-order chi connectivity index (χ0) is 9.52. The maximum atomic E-state index is 8.58. The first-order valence-electron chi connectivity index (χ1n) is 4.84. The quantitative estimate of drug-likeness (QED) is 0.643. The summed E-state index contributed by atoms with van der Waals surface area (Å²) in [5.41, 5.74) is 1.31. The number of hydrogen-bond donors (Lipinski definition) is 2. The van der Waals surface area contributed by atoms with Crippen LogP contribution in [0.3, 0.4) is 0 Å². The standard InChI is InChI=1S/C10H18N2O/c1-2-12-7-3-5-10(12)9-11-6-4-8-13/h3,5,7,11,13H,2,4,6,8-9H2,1H3. The minimum Gasteiger partial charge on any atom is -0.396 e. The largest absolute Gasteiger partial charge is 0.396 e. The molecule has 1 heterocycles. The first-order chi connectivity index (χ1) is 6.38. The Kier molecular flexibility index (Phi) is 4.57. The van der Waals surface area contributed by atoms with Crippen molar-refractivity contribution in [1.82, 2.24) is 9.88 Å². The topological polar surface area (TPSA) is 37.2 Å². The van der Waals surface area contributed by atoms with E-state index in [0.29, 0.717) is 0 Å². The van der Waals surface area contributed by atoms with Gasteiger partial charge in [0.1, 0.15) is 0 Å². The van der Waals surface area contributed by atoms with Crippen molar-refractivity contribution in [3.05, 3.63) is 24.0 Å². The summed E-state index contributed by atoms with van der Waals surface area (Å²) in [5.74, 6) is 0. The zero-order valence-electron chi connectivity index (χ0n) is 8.16.